The predicted molar refractivity (Wildman–Crippen MR) is 82.1 cm³/mol. The Bertz CT molecular complexity index is 573. The topological polar surface area (TPSA) is 65.7 Å². The maximum absolute atomic E-state index is 12.0. The van der Waals surface area contributed by atoms with Crippen LogP contribution >= 0.6 is 0 Å². The van der Waals surface area contributed by atoms with Gasteiger partial charge in [0.05, 0.1) is 12.1 Å². The van der Waals surface area contributed by atoms with Crippen LogP contribution in [-0.4, -0.2) is 35.7 Å². The third-order valence-corrected chi connectivity index (χ3v) is 3.44. The summed E-state index contributed by atoms with van der Waals surface area (Å²) >= 11 is 0. The smallest absolute Gasteiger partial charge is 0.317 e. The first kappa shape index (κ1) is 15.4. The van der Waals surface area contributed by atoms with Crippen LogP contribution in [0.1, 0.15) is 32.1 Å². The number of nitrogens with one attached hydrogen (secondary N) is 1. The molecule has 114 valence electrons. The number of aliphatic hydroxyl groups is 1. The summed E-state index contributed by atoms with van der Waals surface area (Å²) in [5, 5.41) is 13.2. The van der Waals surface area contributed by atoms with Crippen LogP contribution in [0.4, 0.5) is 4.79 Å². The predicted octanol–water partition coefficient (Wildman–Crippen LogP) is 2.91. The van der Waals surface area contributed by atoms with Crippen molar-refractivity contribution in [1.29, 1.82) is 0 Å². The number of fused-ring (bicyclic) bond motifs is 1. The number of carbonyl (C=O) groups is 1. The molecule has 2 N–H and O–H groups in total. The SMILES string of the molecule is CC(O)CCN(C)C(=O)NC(C)c1cc2ccccc2o1. The minimum Gasteiger partial charge on any atom is -0.459 e. The minimum atomic E-state index is -0.409. The molecule has 2 amide bonds. The first-order chi connectivity index (χ1) is 9.97. The molecule has 5 nitrogen and oxygen atoms in total. The second kappa shape index (κ2) is 6.63. The van der Waals surface area contributed by atoms with Gasteiger partial charge in [0.1, 0.15) is 11.3 Å². The van der Waals surface area contributed by atoms with Crippen LogP contribution in [0, 0.1) is 0 Å². The van der Waals surface area contributed by atoms with Crippen LogP contribution in [0.5, 0.6) is 0 Å². The molecular weight excluding hydrogens is 268 g/mol. The zero-order valence-corrected chi connectivity index (χ0v) is 12.7. The number of amides is 2. The van der Waals surface area contributed by atoms with E-state index in [1.165, 1.54) is 0 Å². The number of nitrogens with zero attached hydrogens (tertiary/aromatic N) is 1. The van der Waals surface area contributed by atoms with Crippen molar-refractivity contribution < 1.29 is 14.3 Å². The Labute approximate surface area is 124 Å². The molecule has 0 aliphatic heterocycles. The van der Waals surface area contributed by atoms with E-state index in [2.05, 4.69) is 5.32 Å². The van der Waals surface area contributed by atoms with Gasteiger partial charge in [0, 0.05) is 19.0 Å². The number of para-hydroxylation sites is 1. The van der Waals surface area contributed by atoms with Crippen LogP contribution in [-0.2, 0) is 0 Å². The molecule has 0 aliphatic rings. The summed E-state index contributed by atoms with van der Waals surface area (Å²) in [5.41, 5.74) is 0.816. The van der Waals surface area contributed by atoms with Gasteiger partial charge in [0.25, 0.3) is 0 Å². The van der Waals surface area contributed by atoms with E-state index in [1.807, 2.05) is 37.3 Å². The van der Waals surface area contributed by atoms with Gasteiger partial charge in [-0.3, -0.25) is 0 Å². The molecule has 1 heterocycles. The molecule has 0 saturated carbocycles. The zero-order valence-electron chi connectivity index (χ0n) is 12.7. The van der Waals surface area contributed by atoms with Crippen molar-refractivity contribution in [2.75, 3.05) is 13.6 Å². The molecule has 0 saturated heterocycles. The van der Waals surface area contributed by atoms with Crippen molar-refractivity contribution in [2.45, 2.75) is 32.4 Å². The van der Waals surface area contributed by atoms with E-state index in [0.717, 1.165) is 16.7 Å². The highest BCUT2D eigenvalue weighted by atomic mass is 16.3. The summed E-state index contributed by atoms with van der Waals surface area (Å²) in [6, 6.07) is 9.31. The fraction of sp³-hybridized carbons (Fsp3) is 0.438. The lowest BCUT2D eigenvalue weighted by Gasteiger charge is -2.21. The van der Waals surface area contributed by atoms with Crippen LogP contribution < -0.4 is 5.32 Å². The van der Waals surface area contributed by atoms with E-state index in [1.54, 1.807) is 18.9 Å². The highest BCUT2D eigenvalue weighted by Gasteiger charge is 2.16. The van der Waals surface area contributed by atoms with Gasteiger partial charge in [0.2, 0.25) is 0 Å². The Morgan fingerprint density at radius 1 is 1.38 bits per heavy atom. The van der Waals surface area contributed by atoms with Gasteiger partial charge in [-0.25, -0.2) is 4.79 Å². The summed E-state index contributed by atoms with van der Waals surface area (Å²) in [5.74, 6) is 0.730. The number of rotatable bonds is 5. The number of hydrogen-bond donors (Lipinski definition) is 2. The molecule has 0 radical (unpaired) electrons. The maximum atomic E-state index is 12.0. The number of aliphatic hydroxyl groups excluding tert-OH is 1. The summed E-state index contributed by atoms with van der Waals surface area (Å²) in [6.07, 6.45) is 0.149. The van der Waals surface area contributed by atoms with Crippen LogP contribution in [0.2, 0.25) is 0 Å². The van der Waals surface area contributed by atoms with Gasteiger partial charge in [-0.05, 0) is 32.4 Å². The summed E-state index contributed by atoms with van der Waals surface area (Å²) < 4.78 is 5.74. The molecule has 0 fully saturated rings. The van der Waals surface area contributed by atoms with E-state index in [-0.39, 0.29) is 12.1 Å². The minimum absolute atomic E-state index is 0.177. The Hall–Kier alpha value is -2.01. The standard InChI is InChI=1S/C16H22N2O3/c1-11(19)8-9-18(3)16(20)17-12(2)15-10-13-6-4-5-7-14(13)21-15/h4-7,10-12,19H,8-9H2,1-3H3,(H,17,20). The molecular formula is C16H22N2O3. The molecule has 0 spiro atoms. The van der Waals surface area contributed by atoms with Crippen molar-refractivity contribution in [3.63, 3.8) is 0 Å². The lowest BCUT2D eigenvalue weighted by Crippen LogP contribution is -2.39. The monoisotopic (exact) mass is 290 g/mol. The fourth-order valence-electron chi connectivity index (χ4n) is 2.06. The van der Waals surface area contributed by atoms with Crippen molar-refractivity contribution in [2.24, 2.45) is 0 Å². The summed E-state index contributed by atoms with van der Waals surface area (Å²) in [6.45, 7) is 4.11. The second-order valence-corrected chi connectivity index (χ2v) is 5.42. The maximum Gasteiger partial charge on any atom is 0.317 e. The Morgan fingerprint density at radius 2 is 2.10 bits per heavy atom. The average Bonchev–Trinajstić information content (AvgIpc) is 2.88. The third kappa shape index (κ3) is 3.98. The number of urea groups is 1. The second-order valence-electron chi connectivity index (χ2n) is 5.42. The third-order valence-electron chi connectivity index (χ3n) is 3.44. The molecule has 2 atom stereocenters. The largest absolute Gasteiger partial charge is 0.459 e. The van der Waals surface area contributed by atoms with Crippen molar-refractivity contribution in [3.05, 3.63) is 36.1 Å². The van der Waals surface area contributed by atoms with E-state index in [9.17, 15) is 9.90 Å². The lowest BCUT2D eigenvalue weighted by molar-refractivity contribution is 0.162. The molecule has 2 aromatic rings. The van der Waals surface area contributed by atoms with Gasteiger partial charge in [0.15, 0.2) is 0 Å². The normalized spacial score (nSPS) is 13.9. The quantitative estimate of drug-likeness (QED) is 0.890. The van der Waals surface area contributed by atoms with E-state index in [4.69, 9.17) is 4.42 Å². The summed E-state index contributed by atoms with van der Waals surface area (Å²) in [4.78, 5) is 13.6. The van der Waals surface area contributed by atoms with Gasteiger partial charge in [-0.1, -0.05) is 18.2 Å². The van der Waals surface area contributed by atoms with E-state index >= 15 is 0 Å². The highest BCUT2D eigenvalue weighted by molar-refractivity contribution is 5.78. The van der Waals surface area contributed by atoms with Gasteiger partial charge in [-0.15, -0.1) is 0 Å². The van der Waals surface area contributed by atoms with Gasteiger partial charge < -0.3 is 19.7 Å². The van der Waals surface area contributed by atoms with Crippen molar-refractivity contribution in [3.8, 4) is 0 Å². The first-order valence-corrected chi connectivity index (χ1v) is 7.15. The van der Waals surface area contributed by atoms with Gasteiger partial charge in [-0.2, -0.15) is 0 Å². The Balaban J connectivity index is 1.96. The zero-order chi connectivity index (χ0) is 15.4. The van der Waals surface area contributed by atoms with Crippen LogP contribution in [0.15, 0.2) is 34.7 Å². The number of carbonyl (C=O) groups excluding carboxylic acids is 1. The Kier molecular flexibility index (Phi) is 4.85. The van der Waals surface area contributed by atoms with E-state index in [0.29, 0.717) is 13.0 Å². The number of furan rings is 1. The van der Waals surface area contributed by atoms with Crippen LogP contribution in [0.25, 0.3) is 11.0 Å². The molecule has 2 unspecified atom stereocenters. The van der Waals surface area contributed by atoms with Crippen molar-refractivity contribution >= 4 is 17.0 Å². The first-order valence-electron chi connectivity index (χ1n) is 7.15. The molecule has 21 heavy (non-hydrogen) atoms. The number of benzene rings is 1. The van der Waals surface area contributed by atoms with Crippen molar-refractivity contribution in [1.82, 2.24) is 10.2 Å². The molecule has 1 aromatic heterocycles. The van der Waals surface area contributed by atoms with E-state index < -0.39 is 6.10 Å². The van der Waals surface area contributed by atoms with Gasteiger partial charge >= 0.3 is 6.03 Å². The molecule has 5 heteroatoms. The van der Waals surface area contributed by atoms with Crippen LogP contribution in [0.3, 0.4) is 0 Å². The fourth-order valence-corrected chi connectivity index (χ4v) is 2.06. The molecule has 0 bridgehead atoms. The molecule has 0 aliphatic carbocycles. The molecule has 2 rings (SSSR count). The highest BCUT2D eigenvalue weighted by Crippen LogP contribution is 2.23. The molecule has 1 aromatic carbocycles. The lowest BCUT2D eigenvalue weighted by atomic mass is 10.2. The number of hydrogen-bond acceptors (Lipinski definition) is 3. The summed E-state index contributed by atoms with van der Waals surface area (Å²) in [7, 11) is 1.71. The Morgan fingerprint density at radius 3 is 2.76 bits per heavy atom. The average molecular weight is 290 g/mol.